The third kappa shape index (κ3) is 3.35. The fourth-order valence-corrected chi connectivity index (χ4v) is 2.71. The van der Waals surface area contributed by atoms with E-state index in [4.69, 9.17) is 5.11 Å². The lowest BCUT2D eigenvalue weighted by Crippen LogP contribution is -2.41. The first-order valence-electron chi connectivity index (χ1n) is 7.16. The number of hydrogen-bond acceptors (Lipinski definition) is 3. The number of rotatable bonds is 5. The van der Waals surface area contributed by atoms with E-state index in [2.05, 4.69) is 16.5 Å². The van der Waals surface area contributed by atoms with Crippen molar-refractivity contribution in [2.24, 2.45) is 0 Å². The van der Waals surface area contributed by atoms with Crippen molar-refractivity contribution < 1.29 is 9.90 Å². The zero-order valence-corrected chi connectivity index (χ0v) is 11.6. The summed E-state index contributed by atoms with van der Waals surface area (Å²) in [5.74, 6) is 1.22. The molecular formula is C14H23N3O2. The number of imidazole rings is 1. The molecule has 0 aliphatic carbocycles. The molecule has 0 saturated carbocycles. The predicted octanol–water partition coefficient (Wildman–Crippen LogP) is 1.38. The maximum absolute atomic E-state index is 11.6. The second kappa shape index (κ2) is 6.70. The summed E-state index contributed by atoms with van der Waals surface area (Å²) in [6.07, 6.45) is 8.23. The van der Waals surface area contributed by atoms with E-state index >= 15 is 0 Å². The summed E-state index contributed by atoms with van der Waals surface area (Å²) in [5.41, 5.74) is 0. The van der Waals surface area contributed by atoms with Crippen LogP contribution in [0.1, 0.15) is 44.3 Å². The zero-order chi connectivity index (χ0) is 13.7. The maximum atomic E-state index is 11.6. The summed E-state index contributed by atoms with van der Waals surface area (Å²) in [6, 6.07) is 0. The third-order valence-corrected chi connectivity index (χ3v) is 3.77. The van der Waals surface area contributed by atoms with E-state index in [9.17, 15) is 4.79 Å². The minimum absolute atomic E-state index is 0.170. The normalized spacial score (nSPS) is 19.7. The Morgan fingerprint density at radius 2 is 2.42 bits per heavy atom. The molecule has 1 aromatic heterocycles. The van der Waals surface area contributed by atoms with Gasteiger partial charge in [-0.25, -0.2) is 4.98 Å². The van der Waals surface area contributed by atoms with Gasteiger partial charge in [0.1, 0.15) is 12.4 Å². The van der Waals surface area contributed by atoms with E-state index < -0.39 is 6.61 Å². The number of likely N-dealkylation sites (tertiary alicyclic amines) is 1. The number of aliphatic hydroxyl groups is 1. The highest BCUT2D eigenvalue weighted by molar-refractivity contribution is 5.77. The Balaban J connectivity index is 2.04. The van der Waals surface area contributed by atoms with Gasteiger partial charge < -0.3 is 14.6 Å². The van der Waals surface area contributed by atoms with E-state index in [1.807, 2.05) is 12.4 Å². The molecule has 1 amide bonds. The molecule has 5 nitrogen and oxygen atoms in total. The largest absolute Gasteiger partial charge is 0.387 e. The van der Waals surface area contributed by atoms with Gasteiger partial charge in [0, 0.05) is 37.9 Å². The standard InChI is InChI=1S/C14H23N3O2/c1-2-3-7-16-9-6-15-14(16)12-5-4-8-17(10-12)13(19)11-18/h6,9,12,18H,2-5,7-8,10-11H2,1H3. The van der Waals surface area contributed by atoms with Crippen LogP contribution in [0.4, 0.5) is 0 Å². The number of aromatic nitrogens is 2. The highest BCUT2D eigenvalue weighted by atomic mass is 16.3. The Morgan fingerprint density at radius 3 is 3.16 bits per heavy atom. The highest BCUT2D eigenvalue weighted by Gasteiger charge is 2.26. The first kappa shape index (κ1) is 14.1. The Hall–Kier alpha value is -1.36. The van der Waals surface area contributed by atoms with Crippen molar-refractivity contribution >= 4 is 5.91 Å². The summed E-state index contributed by atoms with van der Waals surface area (Å²) < 4.78 is 2.21. The summed E-state index contributed by atoms with van der Waals surface area (Å²) >= 11 is 0. The Bertz CT molecular complexity index is 417. The van der Waals surface area contributed by atoms with Crippen LogP contribution in [0, 0.1) is 0 Å². The lowest BCUT2D eigenvalue weighted by atomic mass is 9.97. The number of piperidine rings is 1. The average Bonchev–Trinajstić information content (AvgIpc) is 2.92. The molecular weight excluding hydrogens is 242 g/mol. The van der Waals surface area contributed by atoms with Crippen LogP contribution in [0.5, 0.6) is 0 Å². The number of carbonyl (C=O) groups excluding carboxylic acids is 1. The molecule has 1 aromatic rings. The Labute approximate surface area is 114 Å². The van der Waals surface area contributed by atoms with Gasteiger partial charge >= 0.3 is 0 Å². The molecule has 1 unspecified atom stereocenters. The lowest BCUT2D eigenvalue weighted by Gasteiger charge is -2.32. The fourth-order valence-electron chi connectivity index (χ4n) is 2.71. The van der Waals surface area contributed by atoms with Crippen LogP contribution >= 0.6 is 0 Å². The molecule has 1 N–H and O–H groups in total. The molecule has 1 aliphatic rings. The number of amides is 1. The summed E-state index contributed by atoms with van der Waals surface area (Å²) in [5, 5.41) is 8.96. The van der Waals surface area contributed by atoms with E-state index in [0.29, 0.717) is 12.5 Å². The van der Waals surface area contributed by atoms with Crippen LogP contribution in [0.25, 0.3) is 0 Å². The average molecular weight is 265 g/mol. The Kier molecular flexibility index (Phi) is 4.96. The van der Waals surface area contributed by atoms with Crippen molar-refractivity contribution in [1.82, 2.24) is 14.5 Å². The van der Waals surface area contributed by atoms with Gasteiger partial charge in [-0.05, 0) is 19.3 Å². The summed E-state index contributed by atoms with van der Waals surface area (Å²) in [4.78, 5) is 17.8. The minimum atomic E-state index is -0.392. The van der Waals surface area contributed by atoms with Crippen molar-refractivity contribution in [3.63, 3.8) is 0 Å². The molecule has 0 radical (unpaired) electrons. The van der Waals surface area contributed by atoms with Gasteiger partial charge in [-0.15, -0.1) is 0 Å². The van der Waals surface area contributed by atoms with Gasteiger partial charge in [-0.3, -0.25) is 4.79 Å². The molecule has 5 heteroatoms. The van der Waals surface area contributed by atoms with Crippen LogP contribution in [-0.4, -0.2) is 45.2 Å². The minimum Gasteiger partial charge on any atom is -0.387 e. The molecule has 1 aliphatic heterocycles. The fraction of sp³-hybridized carbons (Fsp3) is 0.714. The van der Waals surface area contributed by atoms with Gasteiger partial charge in [0.15, 0.2) is 0 Å². The number of nitrogens with zero attached hydrogens (tertiary/aromatic N) is 3. The molecule has 106 valence electrons. The quantitative estimate of drug-likeness (QED) is 0.875. The number of aliphatic hydroxyl groups excluding tert-OH is 1. The second-order valence-electron chi connectivity index (χ2n) is 5.17. The zero-order valence-electron chi connectivity index (χ0n) is 11.6. The molecule has 1 fully saturated rings. The van der Waals surface area contributed by atoms with Gasteiger partial charge in [0.25, 0.3) is 0 Å². The first-order valence-corrected chi connectivity index (χ1v) is 7.16. The van der Waals surface area contributed by atoms with Crippen molar-refractivity contribution in [2.45, 2.75) is 45.1 Å². The summed E-state index contributed by atoms with van der Waals surface area (Å²) in [6.45, 7) is 4.22. The molecule has 0 aromatic carbocycles. The third-order valence-electron chi connectivity index (χ3n) is 3.77. The lowest BCUT2D eigenvalue weighted by molar-refractivity contribution is -0.135. The van der Waals surface area contributed by atoms with Crippen LogP contribution in [0.3, 0.4) is 0 Å². The summed E-state index contributed by atoms with van der Waals surface area (Å²) in [7, 11) is 0. The molecule has 2 rings (SSSR count). The van der Waals surface area contributed by atoms with Crippen molar-refractivity contribution in [1.29, 1.82) is 0 Å². The first-order chi connectivity index (χ1) is 9.26. The van der Waals surface area contributed by atoms with E-state index in [1.165, 1.54) is 0 Å². The van der Waals surface area contributed by atoms with Crippen molar-refractivity contribution in [3.8, 4) is 0 Å². The van der Waals surface area contributed by atoms with Crippen LogP contribution in [0.15, 0.2) is 12.4 Å². The maximum Gasteiger partial charge on any atom is 0.248 e. The van der Waals surface area contributed by atoms with E-state index in [0.717, 1.165) is 44.6 Å². The van der Waals surface area contributed by atoms with Gasteiger partial charge in [0.2, 0.25) is 5.91 Å². The van der Waals surface area contributed by atoms with Gasteiger partial charge in [-0.1, -0.05) is 13.3 Å². The molecule has 0 bridgehead atoms. The molecule has 19 heavy (non-hydrogen) atoms. The van der Waals surface area contributed by atoms with Gasteiger partial charge in [-0.2, -0.15) is 0 Å². The second-order valence-corrected chi connectivity index (χ2v) is 5.17. The number of carbonyl (C=O) groups is 1. The number of hydrogen-bond donors (Lipinski definition) is 1. The molecule has 1 atom stereocenters. The van der Waals surface area contributed by atoms with Crippen LogP contribution in [0.2, 0.25) is 0 Å². The highest BCUT2D eigenvalue weighted by Crippen LogP contribution is 2.26. The monoisotopic (exact) mass is 265 g/mol. The Morgan fingerprint density at radius 1 is 1.58 bits per heavy atom. The van der Waals surface area contributed by atoms with Crippen molar-refractivity contribution in [2.75, 3.05) is 19.7 Å². The van der Waals surface area contributed by atoms with Gasteiger partial charge in [0.05, 0.1) is 0 Å². The molecule has 0 spiro atoms. The van der Waals surface area contributed by atoms with E-state index in [-0.39, 0.29) is 5.91 Å². The number of aryl methyl sites for hydroxylation is 1. The SMILES string of the molecule is CCCCn1ccnc1C1CCCN(C(=O)CO)C1. The van der Waals surface area contributed by atoms with Crippen molar-refractivity contribution in [3.05, 3.63) is 18.2 Å². The smallest absolute Gasteiger partial charge is 0.248 e. The molecule has 2 heterocycles. The number of unbranched alkanes of at least 4 members (excludes halogenated alkanes) is 1. The molecule has 1 saturated heterocycles. The topological polar surface area (TPSA) is 58.4 Å². The van der Waals surface area contributed by atoms with E-state index in [1.54, 1.807) is 4.90 Å². The van der Waals surface area contributed by atoms with Crippen LogP contribution < -0.4 is 0 Å². The predicted molar refractivity (Wildman–Crippen MR) is 72.8 cm³/mol. The van der Waals surface area contributed by atoms with Crippen LogP contribution in [-0.2, 0) is 11.3 Å².